The van der Waals surface area contributed by atoms with Crippen molar-refractivity contribution in [3.63, 3.8) is 0 Å². The third-order valence-electron chi connectivity index (χ3n) is 6.01. The van der Waals surface area contributed by atoms with Gasteiger partial charge in [0.15, 0.2) is 5.72 Å². The summed E-state index contributed by atoms with van der Waals surface area (Å²) in [6, 6.07) is 18.7. The minimum Gasteiger partial charge on any atom is -0.354 e. The van der Waals surface area contributed by atoms with Gasteiger partial charge in [-0.1, -0.05) is 54.6 Å². The van der Waals surface area contributed by atoms with Crippen LogP contribution in [0.2, 0.25) is 0 Å². The van der Waals surface area contributed by atoms with Gasteiger partial charge >= 0.3 is 0 Å². The average Bonchev–Trinajstić information content (AvgIpc) is 3.19. The largest absolute Gasteiger partial charge is 0.354 e. The van der Waals surface area contributed by atoms with Crippen molar-refractivity contribution < 1.29 is 13.2 Å². The number of sulfonamides is 1. The molecule has 0 radical (unpaired) electrons. The van der Waals surface area contributed by atoms with Crippen molar-refractivity contribution in [2.45, 2.75) is 29.9 Å². The number of likely N-dealkylation sites (N-methyl/N-ethyl adjacent to an activating group) is 1. The number of fused-ring (bicyclic) bond motifs is 1. The minimum absolute atomic E-state index is 0.149. The number of benzene rings is 2. The monoisotopic (exact) mass is 454 g/mol. The SMILES string of the molecule is CN1CCCc2ccccc2C1(Cc1ccccc1)OCCNS(=O)(=O)c1cnn(C)c1. The minimum atomic E-state index is -3.63. The Balaban J connectivity index is 1.58. The molecule has 1 aliphatic rings. The summed E-state index contributed by atoms with van der Waals surface area (Å²) in [5.41, 5.74) is 2.93. The van der Waals surface area contributed by atoms with Crippen molar-refractivity contribution in [2.24, 2.45) is 7.05 Å². The molecule has 1 N–H and O–H groups in total. The summed E-state index contributed by atoms with van der Waals surface area (Å²) in [6.07, 6.45) is 5.54. The molecule has 0 aliphatic carbocycles. The molecule has 0 spiro atoms. The normalized spacial score (nSPS) is 19.4. The Morgan fingerprint density at radius 2 is 1.84 bits per heavy atom. The van der Waals surface area contributed by atoms with Crippen LogP contribution in [-0.2, 0) is 40.4 Å². The molecule has 3 aromatic rings. The maximum atomic E-state index is 12.6. The Bertz CT molecular complexity index is 1150. The van der Waals surface area contributed by atoms with E-state index < -0.39 is 15.7 Å². The number of hydrogen-bond donors (Lipinski definition) is 1. The first-order valence-electron chi connectivity index (χ1n) is 10.9. The number of hydrogen-bond acceptors (Lipinski definition) is 5. The molecule has 4 rings (SSSR count). The standard InChI is InChI=1S/C24H30N4O3S/c1-27-15-8-12-21-11-6-7-13-23(21)24(27,17-20-9-4-3-5-10-20)31-16-14-26-32(29,30)22-18-25-28(2)19-22/h3-7,9-11,13,18-19,26H,8,12,14-17H2,1-2H3. The fourth-order valence-electron chi connectivity index (χ4n) is 4.37. The van der Waals surface area contributed by atoms with Crippen LogP contribution in [0.5, 0.6) is 0 Å². The molecule has 7 nitrogen and oxygen atoms in total. The summed E-state index contributed by atoms with van der Waals surface area (Å²) in [6.45, 7) is 1.30. The van der Waals surface area contributed by atoms with Crippen molar-refractivity contribution in [2.75, 3.05) is 26.7 Å². The molecule has 2 heterocycles. The number of nitrogens with zero attached hydrogens (tertiary/aromatic N) is 3. The van der Waals surface area contributed by atoms with Gasteiger partial charge in [0.1, 0.15) is 4.90 Å². The van der Waals surface area contributed by atoms with Gasteiger partial charge in [0.25, 0.3) is 0 Å². The van der Waals surface area contributed by atoms with E-state index in [4.69, 9.17) is 4.74 Å². The van der Waals surface area contributed by atoms with E-state index in [-0.39, 0.29) is 18.0 Å². The van der Waals surface area contributed by atoms with Gasteiger partial charge in [-0.2, -0.15) is 5.10 Å². The Hall–Kier alpha value is -2.52. The summed E-state index contributed by atoms with van der Waals surface area (Å²) in [4.78, 5) is 2.41. The van der Waals surface area contributed by atoms with E-state index in [1.807, 2.05) is 24.3 Å². The lowest BCUT2D eigenvalue weighted by atomic mass is 9.90. The van der Waals surface area contributed by atoms with E-state index >= 15 is 0 Å². The maximum absolute atomic E-state index is 12.6. The molecule has 0 fully saturated rings. The summed E-state index contributed by atoms with van der Waals surface area (Å²) < 4.78 is 35.8. The van der Waals surface area contributed by atoms with Gasteiger partial charge in [0.2, 0.25) is 10.0 Å². The van der Waals surface area contributed by atoms with Crippen LogP contribution in [0.1, 0.15) is 23.1 Å². The molecule has 0 amide bonds. The molecule has 1 aliphatic heterocycles. The first-order valence-corrected chi connectivity index (χ1v) is 12.3. The molecule has 1 aromatic heterocycles. The highest BCUT2D eigenvalue weighted by Crippen LogP contribution is 2.38. The van der Waals surface area contributed by atoms with Crippen LogP contribution in [0.4, 0.5) is 0 Å². The molecule has 0 bridgehead atoms. The Labute approximate surface area is 190 Å². The molecule has 170 valence electrons. The lowest BCUT2D eigenvalue weighted by molar-refractivity contribution is -0.152. The maximum Gasteiger partial charge on any atom is 0.243 e. The smallest absolute Gasteiger partial charge is 0.243 e. The molecule has 0 saturated carbocycles. The predicted octanol–water partition coefficient (Wildman–Crippen LogP) is 2.69. The molecular formula is C24H30N4O3S. The van der Waals surface area contributed by atoms with Gasteiger partial charge in [-0.05, 0) is 31.0 Å². The van der Waals surface area contributed by atoms with Crippen molar-refractivity contribution >= 4 is 10.0 Å². The fraction of sp³-hybridized carbons (Fsp3) is 0.375. The van der Waals surface area contributed by atoms with E-state index in [2.05, 4.69) is 52.1 Å². The fourth-order valence-corrected chi connectivity index (χ4v) is 5.37. The number of aromatic nitrogens is 2. The van der Waals surface area contributed by atoms with Crippen molar-refractivity contribution in [1.29, 1.82) is 0 Å². The number of aryl methyl sites for hydroxylation is 2. The van der Waals surface area contributed by atoms with Gasteiger partial charge in [0, 0.05) is 38.3 Å². The van der Waals surface area contributed by atoms with Gasteiger partial charge < -0.3 is 4.74 Å². The van der Waals surface area contributed by atoms with Crippen LogP contribution in [0.15, 0.2) is 71.9 Å². The Morgan fingerprint density at radius 1 is 1.09 bits per heavy atom. The number of ether oxygens (including phenoxy) is 1. The van der Waals surface area contributed by atoms with E-state index in [0.717, 1.165) is 24.9 Å². The van der Waals surface area contributed by atoms with E-state index in [9.17, 15) is 8.42 Å². The summed E-state index contributed by atoms with van der Waals surface area (Å²) in [5.74, 6) is 0. The molecule has 8 heteroatoms. The van der Waals surface area contributed by atoms with Crippen molar-refractivity contribution in [1.82, 2.24) is 19.4 Å². The first-order chi connectivity index (χ1) is 15.4. The summed E-state index contributed by atoms with van der Waals surface area (Å²) in [7, 11) is 0.148. The summed E-state index contributed by atoms with van der Waals surface area (Å²) in [5, 5.41) is 3.95. The highest BCUT2D eigenvalue weighted by atomic mass is 32.2. The number of nitrogens with one attached hydrogen (secondary N) is 1. The van der Waals surface area contributed by atoms with E-state index in [1.54, 1.807) is 7.05 Å². The van der Waals surface area contributed by atoms with Crippen LogP contribution < -0.4 is 4.72 Å². The second kappa shape index (κ2) is 9.54. The lowest BCUT2D eigenvalue weighted by Crippen LogP contribution is -2.49. The zero-order valence-corrected chi connectivity index (χ0v) is 19.4. The third-order valence-corrected chi connectivity index (χ3v) is 7.42. The molecule has 1 atom stereocenters. The van der Waals surface area contributed by atoms with Gasteiger partial charge in [0.05, 0.1) is 12.8 Å². The van der Waals surface area contributed by atoms with Gasteiger partial charge in [-0.25, -0.2) is 13.1 Å². The van der Waals surface area contributed by atoms with E-state index in [0.29, 0.717) is 6.42 Å². The Morgan fingerprint density at radius 3 is 2.59 bits per heavy atom. The number of rotatable bonds is 8. The molecule has 32 heavy (non-hydrogen) atoms. The average molecular weight is 455 g/mol. The first kappa shape index (κ1) is 22.7. The van der Waals surface area contributed by atoms with Crippen LogP contribution in [0.25, 0.3) is 0 Å². The quantitative estimate of drug-likeness (QED) is 0.530. The molecule has 0 saturated heterocycles. The van der Waals surface area contributed by atoms with Crippen LogP contribution in [0, 0.1) is 0 Å². The second-order valence-electron chi connectivity index (χ2n) is 8.22. The zero-order chi connectivity index (χ0) is 22.6. The van der Waals surface area contributed by atoms with Crippen molar-refractivity contribution in [3.05, 3.63) is 83.7 Å². The third kappa shape index (κ3) is 4.78. The topological polar surface area (TPSA) is 76.5 Å². The molecule has 2 aromatic carbocycles. The van der Waals surface area contributed by atoms with Crippen LogP contribution >= 0.6 is 0 Å². The highest BCUT2D eigenvalue weighted by molar-refractivity contribution is 7.89. The zero-order valence-electron chi connectivity index (χ0n) is 18.6. The van der Waals surface area contributed by atoms with Gasteiger partial charge in [-0.3, -0.25) is 9.58 Å². The predicted molar refractivity (Wildman–Crippen MR) is 124 cm³/mol. The molecular weight excluding hydrogens is 424 g/mol. The Kier molecular flexibility index (Phi) is 6.76. The van der Waals surface area contributed by atoms with Gasteiger partial charge in [-0.15, -0.1) is 0 Å². The van der Waals surface area contributed by atoms with Crippen molar-refractivity contribution in [3.8, 4) is 0 Å². The highest BCUT2D eigenvalue weighted by Gasteiger charge is 2.40. The van der Waals surface area contributed by atoms with Crippen LogP contribution in [0.3, 0.4) is 0 Å². The molecule has 1 unspecified atom stereocenters. The lowest BCUT2D eigenvalue weighted by Gasteiger charge is -2.42. The van der Waals surface area contributed by atoms with E-state index in [1.165, 1.54) is 28.2 Å². The summed E-state index contributed by atoms with van der Waals surface area (Å²) >= 11 is 0. The van der Waals surface area contributed by atoms with Crippen LogP contribution in [-0.4, -0.2) is 49.8 Å². The second-order valence-corrected chi connectivity index (χ2v) is 9.99.